The first-order valence-corrected chi connectivity index (χ1v) is 11.9. The Morgan fingerprint density at radius 3 is 2.21 bits per heavy atom. The molecule has 2 aromatic carbocycles. The minimum Gasteiger partial charge on any atom is -0.497 e. The van der Waals surface area contributed by atoms with Gasteiger partial charge in [-0.3, -0.25) is 4.79 Å². The third-order valence-electron chi connectivity index (χ3n) is 8.57. The Hall–Kier alpha value is -3.15. The van der Waals surface area contributed by atoms with Crippen LogP contribution in [-0.2, 0) is 9.63 Å². The van der Waals surface area contributed by atoms with E-state index in [4.69, 9.17) is 9.57 Å². The maximum absolute atomic E-state index is 13.7. The smallest absolute Gasteiger partial charge is 0.365 e. The van der Waals surface area contributed by atoms with Gasteiger partial charge < -0.3 is 14.9 Å². The van der Waals surface area contributed by atoms with Crippen molar-refractivity contribution in [2.24, 2.45) is 21.4 Å². The van der Waals surface area contributed by atoms with E-state index >= 15 is 0 Å². The van der Waals surface area contributed by atoms with Crippen molar-refractivity contribution in [1.82, 2.24) is 0 Å². The molecule has 1 N–H and O–H groups in total. The fourth-order valence-electron chi connectivity index (χ4n) is 5.60. The topological polar surface area (TPSA) is 77.0 Å². The predicted molar refractivity (Wildman–Crippen MR) is 133 cm³/mol. The van der Waals surface area contributed by atoms with Crippen molar-refractivity contribution in [2.75, 3.05) is 12.4 Å². The van der Waals surface area contributed by atoms with Crippen molar-refractivity contribution in [3.63, 3.8) is 0 Å². The lowest BCUT2D eigenvalue weighted by Crippen LogP contribution is -2.43. The quantitative estimate of drug-likeness (QED) is 0.410. The first-order valence-electron chi connectivity index (χ1n) is 11.9. The molecule has 6 heteroatoms. The Morgan fingerprint density at radius 2 is 1.62 bits per heavy atom. The summed E-state index contributed by atoms with van der Waals surface area (Å²) in [6.07, 6.45) is 2.07. The normalized spacial score (nSPS) is 26.0. The van der Waals surface area contributed by atoms with Gasteiger partial charge in [-0.15, -0.1) is 0 Å². The SMILES string of the molecule is COc1ccc(C(=O)ON=C2CC3(C(=O)Nc4ccc(C(C)C)cc4)CCC2(C)C3(C)C)cc1. The zero-order chi connectivity index (χ0) is 24.7. The molecule has 2 unspecified atom stereocenters. The monoisotopic (exact) mass is 462 g/mol. The summed E-state index contributed by atoms with van der Waals surface area (Å²) in [5.41, 5.74) is 1.93. The molecule has 2 bridgehead atoms. The van der Waals surface area contributed by atoms with Gasteiger partial charge in [0, 0.05) is 17.5 Å². The average molecular weight is 463 g/mol. The van der Waals surface area contributed by atoms with Gasteiger partial charge in [-0.05, 0) is 66.1 Å². The molecule has 2 aliphatic rings. The zero-order valence-corrected chi connectivity index (χ0v) is 20.9. The average Bonchev–Trinajstić information content (AvgIpc) is 3.13. The number of carbonyl (C=O) groups excluding carboxylic acids is 2. The van der Waals surface area contributed by atoms with E-state index in [1.54, 1.807) is 31.4 Å². The number of anilines is 1. The van der Waals surface area contributed by atoms with Crippen LogP contribution in [0.25, 0.3) is 0 Å². The molecule has 0 saturated heterocycles. The molecule has 0 radical (unpaired) electrons. The zero-order valence-electron chi connectivity index (χ0n) is 20.9. The summed E-state index contributed by atoms with van der Waals surface area (Å²) in [4.78, 5) is 31.6. The Morgan fingerprint density at radius 1 is 0.971 bits per heavy atom. The van der Waals surface area contributed by atoms with Crippen molar-refractivity contribution in [3.8, 4) is 5.75 Å². The molecule has 4 rings (SSSR count). The Bertz CT molecular complexity index is 1120. The number of nitrogens with zero attached hydrogens (tertiary/aromatic N) is 1. The van der Waals surface area contributed by atoms with Crippen molar-refractivity contribution in [3.05, 3.63) is 59.7 Å². The molecule has 1 amide bonds. The van der Waals surface area contributed by atoms with Crippen LogP contribution in [0.1, 0.15) is 75.7 Å². The summed E-state index contributed by atoms with van der Waals surface area (Å²) in [7, 11) is 1.57. The van der Waals surface area contributed by atoms with Gasteiger partial charge in [-0.25, -0.2) is 4.79 Å². The van der Waals surface area contributed by atoms with E-state index in [0.717, 1.165) is 24.2 Å². The molecular weight excluding hydrogens is 428 g/mol. The van der Waals surface area contributed by atoms with Gasteiger partial charge in [-0.1, -0.05) is 51.9 Å². The van der Waals surface area contributed by atoms with Gasteiger partial charge >= 0.3 is 5.97 Å². The van der Waals surface area contributed by atoms with Gasteiger partial charge in [0.1, 0.15) is 5.75 Å². The van der Waals surface area contributed by atoms with Crippen LogP contribution in [0.3, 0.4) is 0 Å². The standard InChI is InChI=1S/C28H34N2O4/c1-18(2)19-7-11-21(12-8-19)29-25(32)28-16-15-27(5,26(28,3)4)23(17-28)30-34-24(31)20-9-13-22(33-6)14-10-20/h7-14,18H,15-17H2,1-6H3,(H,29,32). The van der Waals surface area contributed by atoms with E-state index < -0.39 is 11.4 Å². The van der Waals surface area contributed by atoms with Crippen LogP contribution < -0.4 is 10.1 Å². The van der Waals surface area contributed by atoms with E-state index in [9.17, 15) is 9.59 Å². The summed E-state index contributed by atoms with van der Waals surface area (Å²) in [6.45, 7) is 10.7. The predicted octanol–water partition coefficient (Wildman–Crippen LogP) is 6.19. The second-order valence-electron chi connectivity index (χ2n) is 10.6. The highest BCUT2D eigenvalue weighted by molar-refractivity contribution is 6.06. The summed E-state index contributed by atoms with van der Waals surface area (Å²) >= 11 is 0. The fraction of sp³-hybridized carbons (Fsp3) is 0.464. The lowest BCUT2D eigenvalue weighted by atomic mass is 9.64. The number of hydrogen-bond acceptors (Lipinski definition) is 5. The van der Waals surface area contributed by atoms with Gasteiger partial charge in [0.25, 0.3) is 0 Å². The van der Waals surface area contributed by atoms with Gasteiger partial charge in [0.05, 0.1) is 23.8 Å². The number of carbonyl (C=O) groups is 2. The number of rotatable bonds is 6. The molecule has 2 atom stereocenters. The fourth-order valence-corrected chi connectivity index (χ4v) is 5.60. The largest absolute Gasteiger partial charge is 0.497 e. The van der Waals surface area contributed by atoms with E-state index in [0.29, 0.717) is 23.7 Å². The number of methoxy groups -OCH3 is 1. The number of hydrogen-bond donors (Lipinski definition) is 1. The number of benzene rings is 2. The number of amides is 1. The Balaban J connectivity index is 1.54. The molecule has 180 valence electrons. The van der Waals surface area contributed by atoms with Crippen molar-refractivity contribution < 1.29 is 19.2 Å². The molecule has 2 aromatic rings. The van der Waals surface area contributed by atoms with Crippen LogP contribution in [-0.4, -0.2) is 24.7 Å². The van der Waals surface area contributed by atoms with Crippen LogP contribution in [0.4, 0.5) is 5.69 Å². The second kappa shape index (κ2) is 8.57. The highest BCUT2D eigenvalue weighted by Crippen LogP contribution is 2.71. The van der Waals surface area contributed by atoms with Crippen LogP contribution in [0.5, 0.6) is 5.75 Å². The minimum atomic E-state index is -0.607. The molecule has 2 fully saturated rings. The van der Waals surface area contributed by atoms with Crippen molar-refractivity contribution >= 4 is 23.3 Å². The summed E-state index contributed by atoms with van der Waals surface area (Å²) in [5, 5.41) is 7.46. The molecule has 0 aliphatic heterocycles. The van der Waals surface area contributed by atoms with E-state index in [1.807, 2.05) is 12.1 Å². The van der Waals surface area contributed by atoms with Crippen LogP contribution in [0.2, 0.25) is 0 Å². The molecule has 34 heavy (non-hydrogen) atoms. The van der Waals surface area contributed by atoms with Crippen LogP contribution in [0.15, 0.2) is 53.7 Å². The van der Waals surface area contributed by atoms with E-state index in [-0.39, 0.29) is 16.7 Å². The first-order chi connectivity index (χ1) is 16.0. The number of fused-ring (bicyclic) bond motifs is 2. The van der Waals surface area contributed by atoms with Gasteiger partial charge in [0.2, 0.25) is 5.91 Å². The number of oxime groups is 1. The molecule has 0 spiro atoms. The molecule has 2 aliphatic carbocycles. The first kappa shape index (κ1) is 24.0. The lowest BCUT2D eigenvalue weighted by Gasteiger charge is -2.39. The Labute approximate surface area is 201 Å². The summed E-state index contributed by atoms with van der Waals surface area (Å²) in [5.74, 6) is 0.581. The third-order valence-corrected chi connectivity index (χ3v) is 8.57. The van der Waals surface area contributed by atoms with E-state index in [2.05, 4.69) is 57.2 Å². The second-order valence-corrected chi connectivity index (χ2v) is 10.6. The van der Waals surface area contributed by atoms with Gasteiger partial charge in [-0.2, -0.15) is 0 Å². The highest BCUT2D eigenvalue weighted by atomic mass is 16.7. The van der Waals surface area contributed by atoms with Crippen molar-refractivity contribution in [1.29, 1.82) is 0 Å². The van der Waals surface area contributed by atoms with Crippen LogP contribution in [0, 0.1) is 16.2 Å². The molecular formula is C28H34N2O4. The molecule has 2 saturated carbocycles. The number of ether oxygens (including phenoxy) is 1. The molecule has 6 nitrogen and oxygen atoms in total. The molecule has 0 aromatic heterocycles. The summed E-state index contributed by atoms with van der Waals surface area (Å²) < 4.78 is 5.13. The van der Waals surface area contributed by atoms with Crippen LogP contribution >= 0.6 is 0 Å². The van der Waals surface area contributed by atoms with Crippen molar-refractivity contribution in [2.45, 2.75) is 59.8 Å². The number of nitrogens with one attached hydrogen (secondary N) is 1. The Kier molecular flexibility index (Phi) is 6.05. The van der Waals surface area contributed by atoms with Gasteiger partial charge in [0.15, 0.2) is 0 Å². The maximum Gasteiger partial charge on any atom is 0.365 e. The van der Waals surface area contributed by atoms with E-state index in [1.165, 1.54) is 5.56 Å². The molecule has 0 heterocycles. The maximum atomic E-state index is 13.7. The lowest BCUT2D eigenvalue weighted by molar-refractivity contribution is -0.130. The minimum absolute atomic E-state index is 0.00482. The summed E-state index contributed by atoms with van der Waals surface area (Å²) in [6, 6.07) is 14.7. The third kappa shape index (κ3) is 3.69. The highest BCUT2D eigenvalue weighted by Gasteiger charge is 2.71.